The van der Waals surface area contributed by atoms with E-state index in [9.17, 15) is 14.0 Å². The summed E-state index contributed by atoms with van der Waals surface area (Å²) < 4.78 is 12.8. The third-order valence-electron chi connectivity index (χ3n) is 3.07. The summed E-state index contributed by atoms with van der Waals surface area (Å²) in [7, 11) is 0. The number of unbranched alkanes of at least 4 members (excludes halogenated alkanes) is 1. The summed E-state index contributed by atoms with van der Waals surface area (Å²) in [5, 5.41) is 10.1. The molecule has 1 aromatic heterocycles. The Hall–Kier alpha value is -2.48. The summed E-state index contributed by atoms with van der Waals surface area (Å²) in [6, 6.07) is 4.96. The number of aromatic nitrogens is 1. The lowest BCUT2D eigenvalue weighted by molar-refractivity contribution is -0.120. The molecule has 128 valence electrons. The van der Waals surface area contributed by atoms with E-state index in [1.54, 1.807) is 5.38 Å². The first-order valence-corrected chi connectivity index (χ1v) is 8.49. The highest BCUT2D eigenvalue weighted by Gasteiger charge is 2.10. The van der Waals surface area contributed by atoms with Crippen LogP contribution < -0.4 is 16.0 Å². The Morgan fingerprint density at radius 1 is 1.21 bits per heavy atom. The number of carbonyl (C=O) groups is 2. The van der Waals surface area contributed by atoms with Crippen molar-refractivity contribution < 1.29 is 14.0 Å². The number of anilines is 2. The van der Waals surface area contributed by atoms with Crippen LogP contribution in [0.2, 0.25) is 0 Å². The van der Waals surface area contributed by atoms with Crippen molar-refractivity contribution in [3.8, 4) is 0 Å². The lowest BCUT2D eigenvalue weighted by Crippen LogP contribution is -2.26. The van der Waals surface area contributed by atoms with Gasteiger partial charge in [-0.2, -0.15) is 0 Å². The highest BCUT2D eigenvalue weighted by atomic mass is 32.1. The van der Waals surface area contributed by atoms with Crippen LogP contribution in [-0.2, 0) is 11.2 Å². The summed E-state index contributed by atoms with van der Waals surface area (Å²) in [5.41, 5.74) is 1.08. The van der Waals surface area contributed by atoms with Gasteiger partial charge in [0.15, 0.2) is 5.13 Å². The summed E-state index contributed by atoms with van der Waals surface area (Å²) >= 11 is 1.24. The van der Waals surface area contributed by atoms with E-state index in [0.29, 0.717) is 23.1 Å². The molecule has 0 saturated heterocycles. The minimum atomic E-state index is -0.477. The quantitative estimate of drug-likeness (QED) is 0.669. The highest BCUT2D eigenvalue weighted by Crippen LogP contribution is 2.16. The zero-order chi connectivity index (χ0) is 17.4. The van der Waals surface area contributed by atoms with Crippen molar-refractivity contribution in [3.05, 3.63) is 41.2 Å². The van der Waals surface area contributed by atoms with E-state index in [0.717, 1.165) is 12.8 Å². The van der Waals surface area contributed by atoms with Gasteiger partial charge in [0.2, 0.25) is 5.91 Å². The molecule has 3 N–H and O–H groups in total. The number of hydrogen-bond donors (Lipinski definition) is 3. The van der Waals surface area contributed by atoms with Gasteiger partial charge in [-0.05, 0) is 30.7 Å². The number of carbonyl (C=O) groups excluding carboxylic acids is 2. The van der Waals surface area contributed by atoms with Gasteiger partial charge in [0.1, 0.15) is 5.82 Å². The van der Waals surface area contributed by atoms with Crippen molar-refractivity contribution in [2.45, 2.75) is 26.2 Å². The molecule has 6 nitrogen and oxygen atoms in total. The van der Waals surface area contributed by atoms with Crippen molar-refractivity contribution in [2.75, 3.05) is 17.2 Å². The van der Waals surface area contributed by atoms with Crippen LogP contribution in [0.3, 0.4) is 0 Å². The second-order valence-corrected chi connectivity index (χ2v) is 5.97. The van der Waals surface area contributed by atoms with Crippen LogP contribution in [0.25, 0.3) is 0 Å². The molecule has 2 rings (SSSR count). The number of nitrogens with one attached hydrogen (secondary N) is 3. The van der Waals surface area contributed by atoms with Gasteiger partial charge in [-0.1, -0.05) is 13.3 Å². The number of thiazole rings is 1. The van der Waals surface area contributed by atoms with Crippen molar-refractivity contribution in [1.82, 2.24) is 10.3 Å². The average molecular weight is 350 g/mol. The van der Waals surface area contributed by atoms with E-state index in [1.807, 2.05) is 0 Å². The minimum absolute atomic E-state index is 0.0870. The molecule has 0 aliphatic rings. The molecule has 0 spiro atoms. The lowest BCUT2D eigenvalue weighted by atomic mass is 10.3. The first kappa shape index (κ1) is 17.9. The smallest absolute Gasteiger partial charge is 0.325 e. The third kappa shape index (κ3) is 5.96. The maximum atomic E-state index is 12.8. The fraction of sp³-hybridized carbons (Fsp3) is 0.312. The second kappa shape index (κ2) is 8.97. The van der Waals surface area contributed by atoms with Gasteiger partial charge >= 0.3 is 6.03 Å². The van der Waals surface area contributed by atoms with E-state index < -0.39 is 6.03 Å². The van der Waals surface area contributed by atoms with Gasteiger partial charge in [0.25, 0.3) is 0 Å². The Bertz CT molecular complexity index is 688. The molecule has 0 fully saturated rings. The Labute approximate surface area is 143 Å². The molecule has 0 bridgehead atoms. The van der Waals surface area contributed by atoms with Crippen molar-refractivity contribution in [1.29, 1.82) is 0 Å². The second-order valence-electron chi connectivity index (χ2n) is 5.11. The summed E-state index contributed by atoms with van der Waals surface area (Å²) in [5.74, 6) is -0.459. The Morgan fingerprint density at radius 2 is 1.96 bits per heavy atom. The highest BCUT2D eigenvalue weighted by molar-refractivity contribution is 7.13. The molecule has 0 atom stereocenters. The molecule has 8 heteroatoms. The van der Waals surface area contributed by atoms with E-state index >= 15 is 0 Å². The maximum Gasteiger partial charge on any atom is 0.325 e. The van der Waals surface area contributed by atoms with Gasteiger partial charge in [-0.3, -0.25) is 10.1 Å². The van der Waals surface area contributed by atoms with Crippen LogP contribution in [0.4, 0.5) is 20.0 Å². The average Bonchev–Trinajstić information content (AvgIpc) is 2.96. The van der Waals surface area contributed by atoms with Gasteiger partial charge in [-0.25, -0.2) is 14.2 Å². The predicted molar refractivity (Wildman–Crippen MR) is 92.8 cm³/mol. The molecule has 2 aromatic rings. The molecule has 0 radical (unpaired) electrons. The summed E-state index contributed by atoms with van der Waals surface area (Å²) in [4.78, 5) is 27.8. The number of amides is 3. The molecule has 0 unspecified atom stereocenters. The van der Waals surface area contributed by atoms with Gasteiger partial charge in [-0.15, -0.1) is 11.3 Å². The zero-order valence-electron chi connectivity index (χ0n) is 13.3. The summed E-state index contributed by atoms with van der Waals surface area (Å²) in [6.45, 7) is 2.71. The van der Waals surface area contributed by atoms with Crippen LogP contribution >= 0.6 is 11.3 Å². The van der Waals surface area contributed by atoms with Gasteiger partial charge in [0.05, 0.1) is 12.1 Å². The molecule has 1 aromatic carbocycles. The zero-order valence-corrected chi connectivity index (χ0v) is 14.1. The largest absolute Gasteiger partial charge is 0.356 e. The third-order valence-corrected chi connectivity index (χ3v) is 3.88. The van der Waals surface area contributed by atoms with E-state index in [2.05, 4.69) is 27.9 Å². The molecule has 0 aliphatic heterocycles. The SMILES string of the molecule is CCCCNC(=O)Cc1csc(NC(=O)Nc2ccc(F)cc2)n1. The Balaban J connectivity index is 1.81. The predicted octanol–water partition coefficient (Wildman–Crippen LogP) is 3.39. The first-order valence-electron chi connectivity index (χ1n) is 7.61. The molecule has 0 saturated carbocycles. The van der Waals surface area contributed by atoms with Crippen molar-refractivity contribution >= 4 is 34.1 Å². The summed E-state index contributed by atoms with van der Waals surface area (Å²) in [6.07, 6.45) is 2.15. The van der Waals surface area contributed by atoms with E-state index in [-0.39, 0.29) is 18.1 Å². The normalized spacial score (nSPS) is 10.2. The minimum Gasteiger partial charge on any atom is -0.356 e. The Morgan fingerprint density at radius 3 is 2.67 bits per heavy atom. The number of nitrogens with zero attached hydrogens (tertiary/aromatic N) is 1. The molecule has 24 heavy (non-hydrogen) atoms. The monoisotopic (exact) mass is 350 g/mol. The van der Waals surface area contributed by atoms with Crippen molar-refractivity contribution in [2.24, 2.45) is 0 Å². The van der Waals surface area contributed by atoms with Gasteiger partial charge in [0, 0.05) is 17.6 Å². The Kier molecular flexibility index (Phi) is 6.68. The number of benzene rings is 1. The topological polar surface area (TPSA) is 83.1 Å². The van der Waals surface area contributed by atoms with Crippen LogP contribution in [0.1, 0.15) is 25.5 Å². The number of halogens is 1. The lowest BCUT2D eigenvalue weighted by Gasteiger charge is -2.05. The molecule has 0 aliphatic carbocycles. The maximum absolute atomic E-state index is 12.8. The van der Waals surface area contributed by atoms with E-state index in [4.69, 9.17) is 0 Å². The first-order chi connectivity index (χ1) is 11.6. The number of rotatable bonds is 7. The fourth-order valence-corrected chi connectivity index (χ4v) is 2.58. The standard InChI is InChI=1S/C16H19FN4O2S/c1-2-3-8-18-14(22)9-13-10-24-16(20-13)21-15(23)19-12-6-4-11(17)5-7-12/h4-7,10H,2-3,8-9H2,1H3,(H,18,22)(H2,19,20,21,23). The van der Waals surface area contributed by atoms with Crippen LogP contribution in [0, 0.1) is 5.82 Å². The molecule has 1 heterocycles. The van der Waals surface area contributed by atoms with E-state index in [1.165, 1.54) is 35.6 Å². The van der Waals surface area contributed by atoms with Gasteiger partial charge < -0.3 is 10.6 Å². The van der Waals surface area contributed by atoms with Crippen LogP contribution in [0.15, 0.2) is 29.6 Å². The molecular formula is C16H19FN4O2S. The molecule has 3 amide bonds. The fourth-order valence-electron chi connectivity index (χ4n) is 1.87. The van der Waals surface area contributed by atoms with Crippen LogP contribution in [-0.4, -0.2) is 23.5 Å². The number of hydrogen-bond acceptors (Lipinski definition) is 4. The van der Waals surface area contributed by atoms with Crippen LogP contribution in [0.5, 0.6) is 0 Å². The number of urea groups is 1. The molecular weight excluding hydrogens is 331 g/mol. The van der Waals surface area contributed by atoms with Crippen molar-refractivity contribution in [3.63, 3.8) is 0 Å².